The summed E-state index contributed by atoms with van der Waals surface area (Å²) in [4.78, 5) is 24.3. The summed E-state index contributed by atoms with van der Waals surface area (Å²) in [6.45, 7) is 1.94. The number of hydrogen-bond donors (Lipinski definition) is 1. The maximum Gasteiger partial charge on any atom is 0.303 e. The average Bonchev–Trinajstić information content (AvgIpc) is 2.75. The van der Waals surface area contributed by atoms with Gasteiger partial charge in [-0.3, -0.25) is 9.59 Å². The van der Waals surface area contributed by atoms with Gasteiger partial charge in [0.05, 0.1) is 11.3 Å². The van der Waals surface area contributed by atoms with Crippen molar-refractivity contribution in [1.82, 2.24) is 0 Å². The lowest BCUT2D eigenvalue weighted by Gasteiger charge is -2.35. The van der Waals surface area contributed by atoms with Crippen molar-refractivity contribution in [2.45, 2.75) is 51.9 Å². The Morgan fingerprint density at radius 1 is 1.26 bits per heavy atom. The van der Waals surface area contributed by atoms with Crippen molar-refractivity contribution in [1.29, 1.82) is 0 Å². The highest BCUT2D eigenvalue weighted by Crippen LogP contribution is 2.43. The molecule has 1 saturated carbocycles. The normalized spacial score (nSPS) is 18.2. The molecule has 1 heterocycles. The summed E-state index contributed by atoms with van der Waals surface area (Å²) in [7, 11) is 0. The summed E-state index contributed by atoms with van der Waals surface area (Å²) in [5, 5.41) is 11.0. The van der Waals surface area contributed by atoms with E-state index in [4.69, 9.17) is 5.11 Å². The fraction of sp³-hybridized carbons (Fsp3) is 0.600. The molecule has 3 nitrogen and oxygen atoms in total. The van der Waals surface area contributed by atoms with Crippen LogP contribution in [0.2, 0.25) is 0 Å². The fourth-order valence-electron chi connectivity index (χ4n) is 3.12. The molecule has 1 aromatic rings. The van der Waals surface area contributed by atoms with Crippen LogP contribution in [-0.2, 0) is 4.79 Å². The molecule has 4 heteroatoms. The molecule has 0 bridgehead atoms. The van der Waals surface area contributed by atoms with Crippen LogP contribution in [0, 0.1) is 12.3 Å². The Morgan fingerprint density at radius 3 is 2.47 bits per heavy atom. The zero-order chi connectivity index (χ0) is 13.9. The largest absolute Gasteiger partial charge is 0.481 e. The highest BCUT2D eigenvalue weighted by atomic mass is 32.1. The van der Waals surface area contributed by atoms with E-state index in [-0.39, 0.29) is 17.6 Å². The Hall–Kier alpha value is -1.16. The topological polar surface area (TPSA) is 54.4 Å². The lowest BCUT2D eigenvalue weighted by molar-refractivity contribution is -0.140. The number of rotatable bonds is 5. The van der Waals surface area contributed by atoms with Gasteiger partial charge in [-0.05, 0) is 42.2 Å². The van der Waals surface area contributed by atoms with Crippen LogP contribution in [0.4, 0.5) is 0 Å². The van der Waals surface area contributed by atoms with Gasteiger partial charge in [-0.2, -0.15) is 0 Å². The van der Waals surface area contributed by atoms with Crippen molar-refractivity contribution in [3.8, 4) is 0 Å². The molecule has 1 aliphatic carbocycles. The molecule has 1 aromatic heterocycles. The molecule has 0 aliphatic heterocycles. The van der Waals surface area contributed by atoms with E-state index in [0.717, 1.165) is 42.5 Å². The van der Waals surface area contributed by atoms with E-state index in [1.54, 1.807) is 0 Å². The Bertz CT molecular complexity index is 469. The van der Waals surface area contributed by atoms with Gasteiger partial charge in [0.15, 0.2) is 5.78 Å². The molecule has 0 atom stereocenters. The van der Waals surface area contributed by atoms with E-state index in [2.05, 4.69) is 0 Å². The molecule has 1 aliphatic rings. The number of Topliss-reactive ketones (excluding diaryl/α,β-unsaturated/α-hetero) is 1. The van der Waals surface area contributed by atoms with E-state index in [0.29, 0.717) is 6.42 Å². The van der Waals surface area contributed by atoms with Gasteiger partial charge in [-0.15, -0.1) is 11.3 Å². The highest BCUT2D eigenvalue weighted by Gasteiger charge is 2.37. The minimum absolute atomic E-state index is 0.121. The molecule has 0 saturated heterocycles. The van der Waals surface area contributed by atoms with E-state index in [1.165, 1.54) is 11.3 Å². The average molecular weight is 280 g/mol. The minimum Gasteiger partial charge on any atom is -0.481 e. The van der Waals surface area contributed by atoms with Crippen LogP contribution in [0.25, 0.3) is 0 Å². The number of hydrogen-bond acceptors (Lipinski definition) is 3. The zero-order valence-corrected chi connectivity index (χ0v) is 12.1. The minimum atomic E-state index is -0.780. The van der Waals surface area contributed by atoms with Gasteiger partial charge < -0.3 is 5.11 Å². The first-order valence-electron chi connectivity index (χ1n) is 6.82. The van der Waals surface area contributed by atoms with Crippen LogP contribution in [0.1, 0.15) is 60.2 Å². The summed E-state index contributed by atoms with van der Waals surface area (Å²) in [6.07, 6.45) is 5.51. The third-order valence-corrected chi connectivity index (χ3v) is 5.15. The fourth-order valence-corrected chi connectivity index (χ4v) is 3.98. The summed E-state index contributed by atoms with van der Waals surface area (Å²) >= 11 is 1.47. The number of carboxylic acids is 1. The molecule has 0 unspecified atom stereocenters. The second-order valence-corrected chi connectivity index (χ2v) is 6.58. The molecule has 19 heavy (non-hydrogen) atoms. The smallest absolute Gasteiger partial charge is 0.303 e. The van der Waals surface area contributed by atoms with E-state index in [9.17, 15) is 9.59 Å². The number of thiophene rings is 1. The van der Waals surface area contributed by atoms with E-state index >= 15 is 0 Å². The standard InChI is InChI=1S/C15H20O3S/c1-11-5-8-19-14(11)12(16)9-15(10-13(17)18)6-3-2-4-7-15/h5,8H,2-4,6-7,9-10H2,1H3,(H,17,18). The Balaban J connectivity index is 2.14. The number of carbonyl (C=O) groups excluding carboxylic acids is 1. The van der Waals surface area contributed by atoms with Gasteiger partial charge >= 0.3 is 5.97 Å². The maximum atomic E-state index is 12.4. The first-order chi connectivity index (χ1) is 9.02. The van der Waals surface area contributed by atoms with Crippen molar-refractivity contribution >= 4 is 23.1 Å². The van der Waals surface area contributed by atoms with Crippen LogP contribution in [-0.4, -0.2) is 16.9 Å². The molecule has 1 N–H and O–H groups in total. The van der Waals surface area contributed by atoms with Gasteiger partial charge in [0.2, 0.25) is 0 Å². The number of carbonyl (C=O) groups is 2. The summed E-state index contributed by atoms with van der Waals surface area (Å²) in [5.74, 6) is -0.659. The molecular formula is C15H20O3S. The van der Waals surface area contributed by atoms with Crippen LogP contribution in [0.15, 0.2) is 11.4 Å². The maximum absolute atomic E-state index is 12.4. The van der Waals surface area contributed by atoms with Crippen LogP contribution in [0.5, 0.6) is 0 Å². The lowest BCUT2D eigenvalue weighted by Crippen LogP contribution is -2.30. The summed E-state index contributed by atoms with van der Waals surface area (Å²) in [6, 6.07) is 1.95. The molecule has 104 valence electrons. The Kier molecular flexibility index (Phi) is 4.40. The second-order valence-electron chi connectivity index (χ2n) is 5.66. The molecule has 2 rings (SSSR count). The lowest BCUT2D eigenvalue weighted by atomic mass is 9.68. The summed E-state index contributed by atoms with van der Waals surface area (Å²) < 4.78 is 0. The van der Waals surface area contributed by atoms with Gasteiger partial charge in [0.25, 0.3) is 0 Å². The molecule has 0 aromatic carbocycles. The Morgan fingerprint density at radius 2 is 1.95 bits per heavy atom. The first kappa shape index (κ1) is 14.3. The van der Waals surface area contributed by atoms with Gasteiger partial charge in [0, 0.05) is 6.42 Å². The zero-order valence-electron chi connectivity index (χ0n) is 11.3. The Labute approximate surface area is 117 Å². The van der Waals surface area contributed by atoms with Crippen molar-refractivity contribution in [3.05, 3.63) is 21.9 Å². The van der Waals surface area contributed by atoms with Crippen molar-refractivity contribution in [2.75, 3.05) is 0 Å². The number of ketones is 1. The molecule has 0 spiro atoms. The molecule has 0 radical (unpaired) electrons. The van der Waals surface area contributed by atoms with Crippen LogP contribution < -0.4 is 0 Å². The third kappa shape index (κ3) is 3.44. The SMILES string of the molecule is Cc1ccsc1C(=O)CC1(CC(=O)O)CCCCC1. The number of aryl methyl sites for hydroxylation is 1. The molecular weight excluding hydrogens is 260 g/mol. The third-order valence-electron chi connectivity index (χ3n) is 4.09. The second kappa shape index (κ2) is 5.87. The van der Waals surface area contributed by atoms with Gasteiger partial charge in [-0.25, -0.2) is 0 Å². The predicted molar refractivity (Wildman–Crippen MR) is 75.8 cm³/mol. The van der Waals surface area contributed by atoms with Gasteiger partial charge in [0.1, 0.15) is 0 Å². The highest BCUT2D eigenvalue weighted by molar-refractivity contribution is 7.12. The monoisotopic (exact) mass is 280 g/mol. The molecule has 0 amide bonds. The first-order valence-corrected chi connectivity index (χ1v) is 7.69. The number of aliphatic carboxylic acids is 1. The predicted octanol–water partition coefficient (Wildman–Crippen LogP) is 4.05. The van der Waals surface area contributed by atoms with E-state index in [1.807, 2.05) is 18.4 Å². The van der Waals surface area contributed by atoms with Crippen LogP contribution in [0.3, 0.4) is 0 Å². The summed E-state index contributed by atoms with van der Waals surface area (Å²) in [5.41, 5.74) is 0.703. The molecule has 1 fully saturated rings. The quantitative estimate of drug-likeness (QED) is 0.828. The van der Waals surface area contributed by atoms with Crippen molar-refractivity contribution in [2.24, 2.45) is 5.41 Å². The van der Waals surface area contributed by atoms with Crippen molar-refractivity contribution in [3.63, 3.8) is 0 Å². The van der Waals surface area contributed by atoms with Crippen LogP contribution >= 0.6 is 11.3 Å². The van der Waals surface area contributed by atoms with Gasteiger partial charge in [-0.1, -0.05) is 19.3 Å². The number of carboxylic acid groups (broad SMARTS) is 1. The van der Waals surface area contributed by atoms with E-state index < -0.39 is 5.97 Å². The van der Waals surface area contributed by atoms with Crippen molar-refractivity contribution < 1.29 is 14.7 Å².